The normalized spacial score (nSPS) is 16.4. The van der Waals surface area contributed by atoms with Crippen LogP contribution < -0.4 is 13.8 Å². The minimum atomic E-state index is -3.58. The molecule has 9 heteroatoms. The van der Waals surface area contributed by atoms with E-state index in [1.807, 2.05) is 37.3 Å². The molecule has 166 valence electrons. The van der Waals surface area contributed by atoms with Crippen molar-refractivity contribution in [3.05, 3.63) is 53.6 Å². The van der Waals surface area contributed by atoms with Gasteiger partial charge in [0.2, 0.25) is 22.7 Å². The highest BCUT2D eigenvalue weighted by molar-refractivity contribution is 7.92. The topological polar surface area (TPSA) is 79.4 Å². The third kappa shape index (κ3) is 4.94. The van der Waals surface area contributed by atoms with Gasteiger partial charge in [-0.2, -0.15) is 0 Å². The first-order valence-electron chi connectivity index (χ1n) is 10.2. The average Bonchev–Trinajstić information content (AvgIpc) is 3.20. The third-order valence-corrected chi connectivity index (χ3v) is 6.76. The molecule has 0 N–H and O–H groups in total. The van der Waals surface area contributed by atoms with Gasteiger partial charge in [-0.3, -0.25) is 14.0 Å². The van der Waals surface area contributed by atoms with Crippen molar-refractivity contribution in [3.63, 3.8) is 0 Å². The van der Waals surface area contributed by atoms with Gasteiger partial charge in [0, 0.05) is 32.7 Å². The lowest BCUT2D eigenvalue weighted by Crippen LogP contribution is -2.51. The Bertz CT molecular complexity index is 1060. The zero-order chi connectivity index (χ0) is 22.0. The maximum absolute atomic E-state index is 12.9. The summed E-state index contributed by atoms with van der Waals surface area (Å²) in [5, 5.41) is 0. The molecule has 1 fully saturated rings. The Labute approximate surface area is 183 Å². The summed E-state index contributed by atoms with van der Waals surface area (Å²) < 4.78 is 36.7. The van der Waals surface area contributed by atoms with Crippen molar-refractivity contribution in [1.82, 2.24) is 9.80 Å². The highest BCUT2D eigenvalue weighted by Gasteiger charge is 2.27. The van der Waals surface area contributed by atoms with Crippen LogP contribution in [-0.2, 0) is 21.4 Å². The van der Waals surface area contributed by atoms with Crippen molar-refractivity contribution in [2.24, 2.45) is 0 Å². The second-order valence-corrected chi connectivity index (χ2v) is 9.81. The minimum absolute atomic E-state index is 0.184. The molecule has 0 unspecified atom stereocenters. The van der Waals surface area contributed by atoms with Crippen LogP contribution in [0.1, 0.15) is 11.1 Å². The van der Waals surface area contributed by atoms with Gasteiger partial charge in [-0.15, -0.1) is 0 Å². The number of hydrogen-bond donors (Lipinski definition) is 0. The Kier molecular flexibility index (Phi) is 6.06. The fourth-order valence-corrected chi connectivity index (χ4v) is 4.81. The number of fused-ring (bicyclic) bond motifs is 1. The molecule has 31 heavy (non-hydrogen) atoms. The fraction of sp³-hybridized carbons (Fsp3) is 0.409. The molecular formula is C22H27N3O5S. The number of ether oxygens (including phenoxy) is 2. The van der Waals surface area contributed by atoms with Crippen molar-refractivity contribution in [2.45, 2.75) is 13.5 Å². The zero-order valence-electron chi connectivity index (χ0n) is 17.8. The zero-order valence-corrected chi connectivity index (χ0v) is 18.6. The van der Waals surface area contributed by atoms with Gasteiger partial charge in [0.05, 0.1) is 11.9 Å². The standard InChI is InChI=1S/C22H27N3O5S/c1-17-5-3-4-6-19(17)25(31(2,27)28)15-22(26)24-11-9-23(10-12-24)14-18-7-8-20-21(13-18)30-16-29-20/h3-8,13H,9-12,14-16H2,1-2H3. The first-order valence-corrected chi connectivity index (χ1v) is 12.1. The summed E-state index contributed by atoms with van der Waals surface area (Å²) in [6.07, 6.45) is 1.13. The van der Waals surface area contributed by atoms with Crippen molar-refractivity contribution < 1.29 is 22.7 Å². The summed E-state index contributed by atoms with van der Waals surface area (Å²) in [4.78, 5) is 16.9. The Morgan fingerprint density at radius 2 is 1.74 bits per heavy atom. The monoisotopic (exact) mass is 445 g/mol. The van der Waals surface area contributed by atoms with Crippen LogP contribution in [0.2, 0.25) is 0 Å². The van der Waals surface area contributed by atoms with Gasteiger partial charge in [0.1, 0.15) is 6.54 Å². The largest absolute Gasteiger partial charge is 0.454 e. The van der Waals surface area contributed by atoms with Crippen molar-refractivity contribution in [1.29, 1.82) is 0 Å². The van der Waals surface area contributed by atoms with E-state index in [1.165, 1.54) is 4.31 Å². The smallest absolute Gasteiger partial charge is 0.243 e. The summed E-state index contributed by atoms with van der Waals surface area (Å²) in [5.74, 6) is 1.35. The van der Waals surface area contributed by atoms with Crippen molar-refractivity contribution in [2.75, 3.05) is 50.1 Å². The number of benzene rings is 2. The van der Waals surface area contributed by atoms with E-state index in [1.54, 1.807) is 17.0 Å². The van der Waals surface area contributed by atoms with Gasteiger partial charge >= 0.3 is 0 Å². The number of piperazine rings is 1. The Hall–Kier alpha value is -2.78. The molecule has 2 aromatic rings. The van der Waals surface area contributed by atoms with Gasteiger partial charge < -0.3 is 14.4 Å². The van der Waals surface area contributed by atoms with E-state index < -0.39 is 10.0 Å². The van der Waals surface area contributed by atoms with Gasteiger partial charge in [-0.05, 0) is 36.2 Å². The summed E-state index contributed by atoms with van der Waals surface area (Å²) >= 11 is 0. The molecule has 2 aliphatic rings. The number of para-hydroxylation sites is 1. The van der Waals surface area contributed by atoms with Crippen LogP contribution in [0, 0.1) is 6.92 Å². The van der Waals surface area contributed by atoms with E-state index >= 15 is 0 Å². The third-order valence-electron chi connectivity index (χ3n) is 5.63. The molecule has 0 aliphatic carbocycles. The lowest BCUT2D eigenvalue weighted by molar-refractivity contribution is -0.131. The number of rotatable bonds is 6. The maximum atomic E-state index is 12.9. The molecule has 0 aromatic heterocycles. The predicted octanol–water partition coefficient (Wildman–Crippen LogP) is 1.83. The molecular weight excluding hydrogens is 418 g/mol. The number of aryl methyl sites for hydroxylation is 1. The van der Waals surface area contributed by atoms with Crippen LogP contribution in [0.15, 0.2) is 42.5 Å². The van der Waals surface area contributed by atoms with Crippen LogP contribution in [0.4, 0.5) is 5.69 Å². The molecule has 2 aromatic carbocycles. The van der Waals surface area contributed by atoms with Crippen LogP contribution in [0.3, 0.4) is 0 Å². The SMILES string of the molecule is Cc1ccccc1N(CC(=O)N1CCN(Cc2ccc3c(c2)OCO3)CC1)S(C)(=O)=O. The molecule has 4 rings (SSSR count). The highest BCUT2D eigenvalue weighted by atomic mass is 32.2. The number of nitrogens with zero attached hydrogens (tertiary/aromatic N) is 3. The van der Waals surface area contributed by atoms with Gasteiger partial charge in [0.25, 0.3) is 0 Å². The molecule has 2 heterocycles. The highest BCUT2D eigenvalue weighted by Crippen LogP contribution is 2.33. The molecule has 0 atom stereocenters. The number of sulfonamides is 1. The van der Waals surface area contributed by atoms with E-state index in [9.17, 15) is 13.2 Å². The minimum Gasteiger partial charge on any atom is -0.454 e. The molecule has 8 nitrogen and oxygen atoms in total. The van der Waals surface area contributed by atoms with E-state index in [-0.39, 0.29) is 19.2 Å². The molecule has 0 bridgehead atoms. The van der Waals surface area contributed by atoms with Crippen LogP contribution in [0.25, 0.3) is 0 Å². The second kappa shape index (κ2) is 8.76. The first-order chi connectivity index (χ1) is 14.8. The van der Waals surface area contributed by atoms with E-state index in [2.05, 4.69) is 4.90 Å². The summed E-state index contributed by atoms with van der Waals surface area (Å²) in [5.41, 5.74) is 2.49. The predicted molar refractivity (Wildman–Crippen MR) is 118 cm³/mol. The molecule has 2 aliphatic heterocycles. The molecule has 1 amide bonds. The average molecular weight is 446 g/mol. The quantitative estimate of drug-likeness (QED) is 0.675. The summed E-state index contributed by atoms with van der Waals surface area (Å²) in [6.45, 7) is 5.25. The van der Waals surface area contributed by atoms with Crippen molar-refractivity contribution >= 4 is 21.6 Å². The number of hydrogen-bond acceptors (Lipinski definition) is 6. The van der Waals surface area contributed by atoms with E-state index in [0.29, 0.717) is 18.8 Å². The summed E-state index contributed by atoms with van der Waals surface area (Å²) in [7, 11) is -3.58. The van der Waals surface area contributed by atoms with Gasteiger partial charge in [-0.1, -0.05) is 24.3 Å². The van der Waals surface area contributed by atoms with Crippen LogP contribution in [-0.4, -0.2) is 69.9 Å². The Balaban J connectivity index is 1.35. The lowest BCUT2D eigenvalue weighted by atomic mass is 10.1. The van der Waals surface area contributed by atoms with Crippen molar-refractivity contribution in [3.8, 4) is 11.5 Å². The second-order valence-electron chi connectivity index (χ2n) is 7.90. The van der Waals surface area contributed by atoms with Gasteiger partial charge in [-0.25, -0.2) is 8.42 Å². The lowest BCUT2D eigenvalue weighted by Gasteiger charge is -2.36. The number of amides is 1. The fourth-order valence-electron chi connectivity index (χ4n) is 3.90. The molecule has 0 spiro atoms. The van der Waals surface area contributed by atoms with E-state index in [0.717, 1.165) is 48.5 Å². The Morgan fingerprint density at radius 1 is 1.03 bits per heavy atom. The van der Waals surface area contributed by atoms with Gasteiger partial charge in [0.15, 0.2) is 11.5 Å². The Morgan fingerprint density at radius 3 is 2.45 bits per heavy atom. The maximum Gasteiger partial charge on any atom is 0.243 e. The van der Waals surface area contributed by atoms with Crippen LogP contribution >= 0.6 is 0 Å². The number of anilines is 1. The number of carbonyl (C=O) groups excluding carboxylic acids is 1. The van der Waals surface area contributed by atoms with E-state index in [4.69, 9.17) is 9.47 Å². The van der Waals surface area contributed by atoms with Crippen LogP contribution in [0.5, 0.6) is 11.5 Å². The molecule has 0 radical (unpaired) electrons. The molecule has 0 saturated carbocycles. The number of carbonyl (C=O) groups is 1. The summed E-state index contributed by atoms with van der Waals surface area (Å²) in [6, 6.07) is 13.1. The first kappa shape index (κ1) is 21.5. The molecule has 1 saturated heterocycles.